The van der Waals surface area contributed by atoms with E-state index in [2.05, 4.69) is 65.7 Å². The van der Waals surface area contributed by atoms with Gasteiger partial charge in [0.2, 0.25) is 0 Å². The standard InChI is InChI=1S/C17H15N/c1-2-6-14(7-3-1)13-18-17-11-10-15-8-4-5-9-16(15)12-17/h1-11H,12-13H2. The van der Waals surface area contributed by atoms with E-state index in [9.17, 15) is 0 Å². The van der Waals surface area contributed by atoms with E-state index in [4.69, 9.17) is 0 Å². The van der Waals surface area contributed by atoms with E-state index in [1.807, 2.05) is 6.07 Å². The van der Waals surface area contributed by atoms with Crippen LogP contribution in [0.5, 0.6) is 0 Å². The Kier molecular flexibility index (Phi) is 3.05. The molecule has 0 spiro atoms. The van der Waals surface area contributed by atoms with Crippen LogP contribution in [0.2, 0.25) is 0 Å². The minimum Gasteiger partial charge on any atom is -0.285 e. The Hall–Kier alpha value is -2.15. The van der Waals surface area contributed by atoms with Crippen molar-refractivity contribution in [3.05, 3.63) is 77.4 Å². The molecular formula is C17H15N. The summed E-state index contributed by atoms with van der Waals surface area (Å²) in [6.45, 7) is 0.767. The highest BCUT2D eigenvalue weighted by molar-refractivity contribution is 6.02. The molecule has 0 bridgehead atoms. The molecule has 0 unspecified atom stereocenters. The second kappa shape index (κ2) is 5.01. The fourth-order valence-corrected chi connectivity index (χ4v) is 2.18. The molecule has 0 atom stereocenters. The molecule has 1 aliphatic carbocycles. The quantitative estimate of drug-likeness (QED) is 0.746. The highest BCUT2D eigenvalue weighted by Crippen LogP contribution is 2.17. The second-order valence-corrected chi connectivity index (χ2v) is 4.50. The highest BCUT2D eigenvalue weighted by atomic mass is 14.7. The average molecular weight is 233 g/mol. The van der Waals surface area contributed by atoms with Crippen LogP contribution in [-0.4, -0.2) is 5.71 Å². The Morgan fingerprint density at radius 2 is 1.61 bits per heavy atom. The summed E-state index contributed by atoms with van der Waals surface area (Å²) in [4.78, 5) is 4.68. The first kappa shape index (κ1) is 11.0. The third-order valence-electron chi connectivity index (χ3n) is 3.19. The Morgan fingerprint density at radius 3 is 2.50 bits per heavy atom. The summed E-state index contributed by atoms with van der Waals surface area (Å²) in [6, 6.07) is 18.9. The number of aliphatic imine (C=N–C) groups is 1. The fourth-order valence-electron chi connectivity index (χ4n) is 2.18. The van der Waals surface area contributed by atoms with Gasteiger partial charge in [-0.2, -0.15) is 0 Å². The maximum Gasteiger partial charge on any atom is 0.0643 e. The predicted octanol–water partition coefficient (Wildman–Crippen LogP) is 3.90. The smallest absolute Gasteiger partial charge is 0.0643 e. The van der Waals surface area contributed by atoms with Gasteiger partial charge in [0.15, 0.2) is 0 Å². The second-order valence-electron chi connectivity index (χ2n) is 4.50. The van der Waals surface area contributed by atoms with Crippen LogP contribution >= 0.6 is 0 Å². The number of allylic oxidation sites excluding steroid dienone is 1. The van der Waals surface area contributed by atoms with E-state index < -0.39 is 0 Å². The van der Waals surface area contributed by atoms with E-state index in [1.54, 1.807) is 0 Å². The lowest BCUT2D eigenvalue weighted by Gasteiger charge is -2.11. The molecule has 0 heterocycles. The van der Waals surface area contributed by atoms with Crippen molar-refractivity contribution < 1.29 is 0 Å². The minimum atomic E-state index is 0.767. The van der Waals surface area contributed by atoms with Gasteiger partial charge in [0.05, 0.1) is 6.54 Å². The topological polar surface area (TPSA) is 12.4 Å². The van der Waals surface area contributed by atoms with Gasteiger partial charge in [-0.3, -0.25) is 4.99 Å². The lowest BCUT2D eigenvalue weighted by molar-refractivity contribution is 1.05. The lowest BCUT2D eigenvalue weighted by Crippen LogP contribution is -2.06. The van der Waals surface area contributed by atoms with Crippen LogP contribution in [0.15, 0.2) is 65.7 Å². The third kappa shape index (κ3) is 2.40. The van der Waals surface area contributed by atoms with Crippen molar-refractivity contribution in [1.82, 2.24) is 0 Å². The minimum absolute atomic E-state index is 0.767. The molecule has 0 radical (unpaired) electrons. The van der Waals surface area contributed by atoms with E-state index in [-0.39, 0.29) is 0 Å². The monoisotopic (exact) mass is 233 g/mol. The summed E-state index contributed by atoms with van der Waals surface area (Å²) in [7, 11) is 0. The maximum absolute atomic E-state index is 4.68. The van der Waals surface area contributed by atoms with Crippen LogP contribution in [0.3, 0.4) is 0 Å². The van der Waals surface area contributed by atoms with Crippen molar-refractivity contribution in [2.45, 2.75) is 13.0 Å². The van der Waals surface area contributed by atoms with E-state index in [0.29, 0.717) is 0 Å². The number of benzene rings is 2. The Balaban J connectivity index is 1.77. The van der Waals surface area contributed by atoms with Crippen LogP contribution in [0.25, 0.3) is 6.08 Å². The Morgan fingerprint density at radius 1 is 0.833 bits per heavy atom. The Bertz CT molecular complexity index is 594. The molecular weight excluding hydrogens is 218 g/mol. The van der Waals surface area contributed by atoms with Crippen LogP contribution in [-0.2, 0) is 13.0 Å². The highest BCUT2D eigenvalue weighted by Gasteiger charge is 2.07. The summed E-state index contributed by atoms with van der Waals surface area (Å²) in [5, 5.41) is 0. The van der Waals surface area contributed by atoms with Gasteiger partial charge in [0, 0.05) is 12.1 Å². The van der Waals surface area contributed by atoms with Crippen molar-refractivity contribution in [1.29, 1.82) is 0 Å². The molecule has 1 heteroatoms. The van der Waals surface area contributed by atoms with Crippen molar-refractivity contribution >= 4 is 11.8 Å². The zero-order valence-corrected chi connectivity index (χ0v) is 10.2. The van der Waals surface area contributed by atoms with Crippen LogP contribution in [0.4, 0.5) is 0 Å². The first-order valence-electron chi connectivity index (χ1n) is 6.25. The molecule has 1 nitrogen and oxygen atoms in total. The predicted molar refractivity (Wildman–Crippen MR) is 76.8 cm³/mol. The molecule has 0 fully saturated rings. The van der Waals surface area contributed by atoms with E-state index >= 15 is 0 Å². The van der Waals surface area contributed by atoms with Crippen molar-refractivity contribution in [3.8, 4) is 0 Å². The largest absolute Gasteiger partial charge is 0.285 e. The van der Waals surface area contributed by atoms with Gasteiger partial charge in [0.25, 0.3) is 0 Å². The Labute approximate surface area is 108 Å². The number of hydrogen-bond donors (Lipinski definition) is 0. The molecule has 18 heavy (non-hydrogen) atoms. The maximum atomic E-state index is 4.68. The number of nitrogens with zero attached hydrogens (tertiary/aromatic N) is 1. The van der Waals surface area contributed by atoms with E-state index in [0.717, 1.165) is 18.7 Å². The van der Waals surface area contributed by atoms with Crippen molar-refractivity contribution in [2.75, 3.05) is 0 Å². The van der Waals surface area contributed by atoms with Gasteiger partial charge in [-0.25, -0.2) is 0 Å². The molecule has 0 saturated heterocycles. The van der Waals surface area contributed by atoms with Crippen LogP contribution < -0.4 is 0 Å². The van der Waals surface area contributed by atoms with Crippen LogP contribution in [0, 0.1) is 0 Å². The molecule has 1 aliphatic rings. The molecule has 3 rings (SSSR count). The molecule has 0 saturated carbocycles. The zero-order chi connectivity index (χ0) is 12.2. The van der Waals surface area contributed by atoms with Crippen molar-refractivity contribution in [2.24, 2.45) is 4.99 Å². The summed E-state index contributed by atoms with van der Waals surface area (Å²) in [5.41, 5.74) is 5.11. The molecule has 0 N–H and O–H groups in total. The number of hydrogen-bond acceptors (Lipinski definition) is 1. The molecule has 0 aromatic heterocycles. The first-order valence-corrected chi connectivity index (χ1v) is 6.25. The van der Waals surface area contributed by atoms with Gasteiger partial charge in [-0.15, -0.1) is 0 Å². The molecule has 2 aromatic rings. The summed E-state index contributed by atoms with van der Waals surface area (Å²) in [6.07, 6.45) is 5.23. The first-order chi connectivity index (χ1) is 8.92. The van der Waals surface area contributed by atoms with Crippen LogP contribution in [0.1, 0.15) is 16.7 Å². The van der Waals surface area contributed by atoms with Gasteiger partial charge >= 0.3 is 0 Å². The number of rotatable bonds is 2. The molecule has 0 aliphatic heterocycles. The third-order valence-corrected chi connectivity index (χ3v) is 3.19. The summed E-state index contributed by atoms with van der Waals surface area (Å²) in [5.74, 6) is 0. The van der Waals surface area contributed by atoms with Crippen molar-refractivity contribution in [3.63, 3.8) is 0 Å². The summed E-state index contributed by atoms with van der Waals surface area (Å²) >= 11 is 0. The van der Waals surface area contributed by atoms with Gasteiger partial charge < -0.3 is 0 Å². The van der Waals surface area contributed by atoms with Gasteiger partial charge in [-0.1, -0.05) is 60.7 Å². The fraction of sp³-hybridized carbons (Fsp3) is 0.118. The van der Waals surface area contributed by atoms with E-state index in [1.165, 1.54) is 16.7 Å². The zero-order valence-electron chi connectivity index (χ0n) is 10.2. The molecule has 0 amide bonds. The summed E-state index contributed by atoms with van der Waals surface area (Å²) < 4.78 is 0. The SMILES string of the molecule is C1=Cc2ccccc2CC1=NCc1ccccc1. The molecule has 2 aromatic carbocycles. The normalized spacial score (nSPS) is 15.7. The average Bonchev–Trinajstić information content (AvgIpc) is 2.46. The number of fused-ring (bicyclic) bond motifs is 1. The van der Waals surface area contributed by atoms with Gasteiger partial charge in [-0.05, 0) is 22.8 Å². The lowest BCUT2D eigenvalue weighted by atomic mass is 9.96. The van der Waals surface area contributed by atoms with Gasteiger partial charge in [0.1, 0.15) is 0 Å². The molecule has 88 valence electrons.